The summed E-state index contributed by atoms with van der Waals surface area (Å²) in [6, 6.07) is 6.09. The molecular weight excluding hydrogens is 258 g/mol. The molecule has 0 bridgehead atoms. The molecule has 0 saturated heterocycles. The Balaban J connectivity index is 2.74. The van der Waals surface area contributed by atoms with Gasteiger partial charge in [0.2, 0.25) is 0 Å². The number of nitrogens with one attached hydrogen (secondary N) is 2. The molecule has 0 aliphatic carbocycles. The van der Waals surface area contributed by atoms with E-state index in [9.17, 15) is 13.2 Å². The van der Waals surface area contributed by atoms with E-state index in [2.05, 4.69) is 10.0 Å². The second kappa shape index (κ2) is 5.69. The van der Waals surface area contributed by atoms with Gasteiger partial charge in [0.05, 0.1) is 11.8 Å². The molecule has 0 spiro atoms. The van der Waals surface area contributed by atoms with Crippen molar-refractivity contribution in [3.8, 4) is 0 Å². The van der Waals surface area contributed by atoms with E-state index in [4.69, 9.17) is 9.88 Å². The molecule has 1 amide bonds. The highest BCUT2D eigenvalue weighted by Crippen LogP contribution is 2.15. The Morgan fingerprint density at radius 3 is 2.50 bits per heavy atom. The van der Waals surface area contributed by atoms with E-state index < -0.39 is 16.3 Å². The van der Waals surface area contributed by atoms with Crippen LogP contribution in [0.5, 0.6) is 0 Å². The Bertz CT molecular complexity index is 528. The first kappa shape index (κ1) is 14.3. The maximum absolute atomic E-state index is 11.3. The van der Waals surface area contributed by atoms with Crippen molar-refractivity contribution in [3.63, 3.8) is 0 Å². The number of benzene rings is 1. The fourth-order valence-electron chi connectivity index (χ4n) is 1.19. The highest BCUT2D eigenvalue weighted by molar-refractivity contribution is 7.90. The topological polar surface area (TPSA) is 111 Å². The highest BCUT2D eigenvalue weighted by Gasteiger charge is 2.07. The van der Waals surface area contributed by atoms with E-state index >= 15 is 0 Å². The first-order chi connectivity index (χ1) is 8.26. The molecule has 4 N–H and O–H groups in total. The van der Waals surface area contributed by atoms with Gasteiger partial charge in [-0.2, -0.15) is 8.42 Å². The lowest BCUT2D eigenvalue weighted by molar-refractivity contribution is 0.130. The van der Waals surface area contributed by atoms with Crippen molar-refractivity contribution in [2.24, 2.45) is 5.14 Å². The van der Waals surface area contributed by atoms with Crippen molar-refractivity contribution in [3.05, 3.63) is 24.3 Å². The van der Waals surface area contributed by atoms with E-state index in [1.165, 1.54) is 12.1 Å². The normalized spacial score (nSPS) is 11.1. The summed E-state index contributed by atoms with van der Waals surface area (Å²) < 4.78 is 28.6. The summed E-state index contributed by atoms with van der Waals surface area (Å²) in [6.45, 7) is 3.44. The zero-order chi connectivity index (χ0) is 13.8. The van der Waals surface area contributed by atoms with Crippen LogP contribution in [-0.4, -0.2) is 20.6 Å². The number of nitrogens with two attached hydrogens (primary N) is 1. The van der Waals surface area contributed by atoms with Crippen molar-refractivity contribution in [2.45, 2.75) is 20.0 Å². The number of anilines is 2. The highest BCUT2D eigenvalue weighted by atomic mass is 32.2. The molecule has 100 valence electrons. The van der Waals surface area contributed by atoms with Gasteiger partial charge in [-0.3, -0.25) is 10.0 Å². The number of hydrogen-bond donors (Lipinski definition) is 3. The fraction of sp³-hybridized carbons (Fsp3) is 0.300. The van der Waals surface area contributed by atoms with E-state index in [1.807, 2.05) is 0 Å². The quantitative estimate of drug-likeness (QED) is 0.766. The Hall–Kier alpha value is -1.80. The molecule has 1 aromatic rings. The molecule has 0 atom stereocenters. The largest absolute Gasteiger partial charge is 0.447 e. The number of carbonyl (C=O) groups is 1. The van der Waals surface area contributed by atoms with Crippen LogP contribution in [0.4, 0.5) is 16.2 Å². The van der Waals surface area contributed by atoms with Crippen LogP contribution in [-0.2, 0) is 14.9 Å². The third-order valence-corrected chi connectivity index (χ3v) is 2.23. The summed E-state index contributed by atoms with van der Waals surface area (Å²) in [6.07, 6.45) is -0.853. The van der Waals surface area contributed by atoms with Crippen LogP contribution in [0.2, 0.25) is 0 Å². The van der Waals surface area contributed by atoms with Gasteiger partial charge in [-0.25, -0.2) is 9.93 Å². The smallest absolute Gasteiger partial charge is 0.411 e. The summed E-state index contributed by atoms with van der Waals surface area (Å²) in [5.41, 5.74) is 0.647. The third-order valence-electron chi connectivity index (χ3n) is 1.71. The lowest BCUT2D eigenvalue weighted by Gasteiger charge is -2.10. The van der Waals surface area contributed by atoms with Crippen molar-refractivity contribution >= 4 is 27.7 Å². The molecule has 1 rings (SSSR count). The van der Waals surface area contributed by atoms with Crippen LogP contribution in [0.25, 0.3) is 0 Å². The van der Waals surface area contributed by atoms with Crippen LogP contribution in [0, 0.1) is 0 Å². The summed E-state index contributed by atoms with van der Waals surface area (Å²) in [7, 11) is -3.84. The van der Waals surface area contributed by atoms with Gasteiger partial charge in [-0.1, -0.05) is 6.07 Å². The Labute approximate surface area is 106 Å². The van der Waals surface area contributed by atoms with E-state index in [0.29, 0.717) is 5.69 Å². The van der Waals surface area contributed by atoms with Crippen molar-refractivity contribution in [1.29, 1.82) is 0 Å². The minimum Gasteiger partial charge on any atom is -0.447 e. The van der Waals surface area contributed by atoms with Gasteiger partial charge in [-0.15, -0.1) is 0 Å². The molecular formula is C10H15N3O4S. The SMILES string of the molecule is CC(C)OC(=O)Nc1cccc(NS(N)(=O)=O)c1. The van der Waals surface area contributed by atoms with Crippen LogP contribution in [0.3, 0.4) is 0 Å². The van der Waals surface area contributed by atoms with Gasteiger partial charge in [0.15, 0.2) is 0 Å². The minimum absolute atomic E-state index is 0.240. The average molecular weight is 273 g/mol. The number of hydrogen-bond acceptors (Lipinski definition) is 4. The molecule has 7 nitrogen and oxygen atoms in total. The maximum Gasteiger partial charge on any atom is 0.411 e. The second-order valence-corrected chi connectivity index (χ2v) is 5.10. The third kappa shape index (κ3) is 5.51. The van der Waals surface area contributed by atoms with E-state index in [0.717, 1.165) is 0 Å². The molecule has 0 radical (unpaired) electrons. The fourth-order valence-corrected chi connectivity index (χ4v) is 1.64. The summed E-state index contributed by atoms with van der Waals surface area (Å²) in [5, 5.41) is 7.30. The molecule has 0 aliphatic rings. The van der Waals surface area contributed by atoms with E-state index in [-0.39, 0.29) is 11.8 Å². The monoisotopic (exact) mass is 273 g/mol. The summed E-state index contributed by atoms with van der Waals surface area (Å²) >= 11 is 0. The van der Waals surface area contributed by atoms with Crippen molar-refractivity contribution < 1.29 is 17.9 Å². The lowest BCUT2D eigenvalue weighted by atomic mass is 10.3. The molecule has 0 aliphatic heterocycles. The standard InChI is InChI=1S/C10H15N3O4S/c1-7(2)17-10(14)12-8-4-3-5-9(6-8)13-18(11,15)16/h3-7,13H,1-2H3,(H,12,14)(H2,11,15,16). The number of ether oxygens (including phenoxy) is 1. The van der Waals surface area contributed by atoms with E-state index in [1.54, 1.807) is 26.0 Å². The van der Waals surface area contributed by atoms with Gasteiger partial charge >= 0.3 is 6.09 Å². The predicted molar refractivity (Wildman–Crippen MR) is 68.4 cm³/mol. The predicted octanol–water partition coefficient (Wildman–Crippen LogP) is 1.26. The Morgan fingerprint density at radius 2 is 1.94 bits per heavy atom. The minimum atomic E-state index is -3.84. The molecule has 0 saturated carbocycles. The van der Waals surface area contributed by atoms with Gasteiger partial charge in [0.25, 0.3) is 10.2 Å². The number of rotatable bonds is 4. The molecule has 18 heavy (non-hydrogen) atoms. The lowest BCUT2D eigenvalue weighted by Crippen LogP contribution is -2.22. The maximum atomic E-state index is 11.3. The first-order valence-electron chi connectivity index (χ1n) is 5.14. The number of carbonyl (C=O) groups excluding carboxylic acids is 1. The zero-order valence-corrected chi connectivity index (χ0v) is 10.8. The molecule has 0 heterocycles. The molecule has 0 fully saturated rings. The van der Waals surface area contributed by atoms with Gasteiger partial charge in [0.1, 0.15) is 0 Å². The Kier molecular flexibility index (Phi) is 4.51. The van der Waals surface area contributed by atoms with Gasteiger partial charge in [-0.05, 0) is 32.0 Å². The number of amides is 1. The molecule has 1 aromatic carbocycles. The van der Waals surface area contributed by atoms with Crippen LogP contribution in [0.1, 0.15) is 13.8 Å². The average Bonchev–Trinajstić information content (AvgIpc) is 2.13. The molecule has 0 unspecified atom stereocenters. The van der Waals surface area contributed by atoms with Crippen molar-refractivity contribution in [2.75, 3.05) is 10.0 Å². The Morgan fingerprint density at radius 1 is 1.33 bits per heavy atom. The summed E-state index contributed by atoms with van der Waals surface area (Å²) in [4.78, 5) is 11.3. The van der Waals surface area contributed by atoms with Crippen LogP contribution >= 0.6 is 0 Å². The van der Waals surface area contributed by atoms with Crippen LogP contribution in [0.15, 0.2) is 24.3 Å². The molecule has 0 aromatic heterocycles. The van der Waals surface area contributed by atoms with Gasteiger partial charge < -0.3 is 4.74 Å². The second-order valence-electron chi connectivity index (χ2n) is 3.81. The van der Waals surface area contributed by atoms with Crippen LogP contribution < -0.4 is 15.2 Å². The van der Waals surface area contributed by atoms with Gasteiger partial charge in [0, 0.05) is 5.69 Å². The zero-order valence-electron chi connectivity index (χ0n) is 10.0. The summed E-state index contributed by atoms with van der Waals surface area (Å²) in [5.74, 6) is 0. The first-order valence-corrected chi connectivity index (χ1v) is 6.69. The molecule has 8 heteroatoms. The van der Waals surface area contributed by atoms with Crippen molar-refractivity contribution in [1.82, 2.24) is 0 Å².